The van der Waals surface area contributed by atoms with Gasteiger partial charge in [-0.2, -0.15) is 13.2 Å². The number of halogens is 4. The highest BCUT2D eigenvalue weighted by atomic mass is 35.5. The first-order chi connectivity index (χ1) is 16.1. The third-order valence-electron chi connectivity index (χ3n) is 5.65. The standard InChI is InChI=1S/C22H23ClF3N7O/c1-28-16-7-12(23)4-5-14(16)18(27)17-9-30-20-19(32-17)15(8-29-20)21(34)31-13-3-2-6-33(10-13)11-22(24,25)26/h4-5,7-9,13,27-28H,2-3,6,10-11H2,1H3,(H,29,30)(H,31,34). The molecule has 1 aliphatic rings. The number of rotatable bonds is 6. The van der Waals surface area contributed by atoms with Crippen LogP contribution in [0.5, 0.6) is 0 Å². The van der Waals surface area contributed by atoms with Crippen LogP contribution in [0.25, 0.3) is 11.2 Å². The number of H-pyrrole nitrogens is 1. The van der Waals surface area contributed by atoms with Gasteiger partial charge in [-0.25, -0.2) is 9.97 Å². The van der Waals surface area contributed by atoms with Crippen molar-refractivity contribution in [2.75, 3.05) is 32.0 Å². The topological polar surface area (TPSA) is 110 Å². The predicted octanol–water partition coefficient (Wildman–Crippen LogP) is 3.83. The number of alkyl halides is 3. The van der Waals surface area contributed by atoms with Crippen molar-refractivity contribution in [3.8, 4) is 0 Å². The number of fused-ring (bicyclic) bond motifs is 1. The molecule has 34 heavy (non-hydrogen) atoms. The van der Waals surface area contributed by atoms with Crippen LogP contribution in [0.1, 0.15) is 34.5 Å². The van der Waals surface area contributed by atoms with Gasteiger partial charge in [0.15, 0.2) is 5.65 Å². The lowest BCUT2D eigenvalue weighted by atomic mass is 10.0. The Kier molecular flexibility index (Phi) is 6.76. The molecule has 4 N–H and O–H groups in total. The van der Waals surface area contributed by atoms with Gasteiger partial charge in [0.1, 0.15) is 11.2 Å². The maximum atomic E-state index is 13.0. The quantitative estimate of drug-likeness (QED) is 0.390. The second-order valence-corrected chi connectivity index (χ2v) is 8.57. The van der Waals surface area contributed by atoms with E-state index in [1.54, 1.807) is 25.2 Å². The Morgan fingerprint density at radius 2 is 2.15 bits per heavy atom. The second kappa shape index (κ2) is 9.59. The number of carbonyl (C=O) groups excluding carboxylic acids is 1. The first kappa shape index (κ1) is 24.0. The number of amides is 1. The zero-order valence-corrected chi connectivity index (χ0v) is 19.0. The van der Waals surface area contributed by atoms with Gasteiger partial charge in [0.2, 0.25) is 0 Å². The van der Waals surface area contributed by atoms with Crippen LogP contribution in [0, 0.1) is 5.41 Å². The van der Waals surface area contributed by atoms with Gasteiger partial charge in [0.25, 0.3) is 5.91 Å². The molecular formula is C22H23ClF3N7O. The molecule has 1 saturated heterocycles. The largest absolute Gasteiger partial charge is 0.401 e. The van der Waals surface area contributed by atoms with E-state index in [2.05, 4.69) is 25.6 Å². The Bertz CT molecular complexity index is 1230. The molecule has 0 radical (unpaired) electrons. The molecule has 8 nitrogen and oxygen atoms in total. The van der Waals surface area contributed by atoms with Crippen LogP contribution in [-0.4, -0.2) is 70.4 Å². The number of hydrogen-bond donors (Lipinski definition) is 4. The highest BCUT2D eigenvalue weighted by molar-refractivity contribution is 6.31. The molecule has 1 unspecified atom stereocenters. The van der Waals surface area contributed by atoms with E-state index < -0.39 is 24.7 Å². The summed E-state index contributed by atoms with van der Waals surface area (Å²) < 4.78 is 38.2. The normalized spacial score (nSPS) is 17.0. The van der Waals surface area contributed by atoms with Crippen molar-refractivity contribution in [1.82, 2.24) is 25.2 Å². The lowest BCUT2D eigenvalue weighted by Crippen LogP contribution is -2.49. The fraction of sp³-hybridized carbons (Fsp3) is 0.364. The summed E-state index contributed by atoms with van der Waals surface area (Å²) in [5, 5.41) is 14.9. The van der Waals surface area contributed by atoms with Crippen LogP contribution >= 0.6 is 11.6 Å². The zero-order chi connectivity index (χ0) is 24.5. The summed E-state index contributed by atoms with van der Waals surface area (Å²) in [7, 11) is 1.72. The SMILES string of the molecule is CNc1cc(Cl)ccc1C(=N)c1cnc2[nH]cc(C(=O)NC3CCCN(CC(F)(F)F)C3)c2n1. The number of nitrogens with one attached hydrogen (secondary N) is 4. The van der Waals surface area contributed by atoms with E-state index in [0.717, 1.165) is 0 Å². The summed E-state index contributed by atoms with van der Waals surface area (Å²) in [4.78, 5) is 25.9. The number of aromatic nitrogens is 3. The van der Waals surface area contributed by atoms with Gasteiger partial charge in [0, 0.05) is 42.1 Å². The van der Waals surface area contributed by atoms with E-state index in [9.17, 15) is 18.0 Å². The van der Waals surface area contributed by atoms with E-state index >= 15 is 0 Å². The maximum absolute atomic E-state index is 13.0. The number of nitrogens with zero attached hydrogens (tertiary/aromatic N) is 3. The smallest absolute Gasteiger partial charge is 0.388 e. The van der Waals surface area contributed by atoms with Gasteiger partial charge in [-0.3, -0.25) is 15.1 Å². The third kappa shape index (κ3) is 5.31. The molecule has 0 aliphatic carbocycles. The van der Waals surface area contributed by atoms with Gasteiger partial charge in [0.05, 0.1) is 24.0 Å². The minimum Gasteiger partial charge on any atom is -0.388 e. The summed E-state index contributed by atoms with van der Waals surface area (Å²) in [6, 6.07) is 4.65. The Morgan fingerprint density at radius 3 is 2.88 bits per heavy atom. The summed E-state index contributed by atoms with van der Waals surface area (Å²) >= 11 is 6.04. The Balaban J connectivity index is 1.55. The molecule has 0 spiro atoms. The number of likely N-dealkylation sites (tertiary alicyclic amines) is 1. The lowest BCUT2D eigenvalue weighted by Gasteiger charge is -2.33. The van der Waals surface area contributed by atoms with Crippen LogP contribution in [0.3, 0.4) is 0 Å². The molecule has 1 fully saturated rings. The second-order valence-electron chi connectivity index (χ2n) is 8.13. The molecule has 180 valence electrons. The first-order valence-corrected chi connectivity index (χ1v) is 11.0. The summed E-state index contributed by atoms with van der Waals surface area (Å²) in [5.41, 5.74) is 2.43. The lowest BCUT2D eigenvalue weighted by molar-refractivity contribution is -0.148. The van der Waals surface area contributed by atoms with Crippen molar-refractivity contribution in [2.24, 2.45) is 0 Å². The van der Waals surface area contributed by atoms with Crippen LogP contribution in [-0.2, 0) is 0 Å². The molecule has 1 atom stereocenters. The average molecular weight is 494 g/mol. The highest BCUT2D eigenvalue weighted by Gasteiger charge is 2.33. The fourth-order valence-electron chi connectivity index (χ4n) is 4.10. The predicted molar refractivity (Wildman–Crippen MR) is 124 cm³/mol. The first-order valence-electron chi connectivity index (χ1n) is 10.7. The highest BCUT2D eigenvalue weighted by Crippen LogP contribution is 2.24. The summed E-state index contributed by atoms with van der Waals surface area (Å²) in [6.07, 6.45) is -0.229. The number of aromatic amines is 1. The van der Waals surface area contributed by atoms with E-state index in [1.165, 1.54) is 17.3 Å². The van der Waals surface area contributed by atoms with E-state index in [1.807, 2.05) is 0 Å². The van der Waals surface area contributed by atoms with E-state index in [0.29, 0.717) is 41.3 Å². The molecule has 12 heteroatoms. The number of benzene rings is 1. The van der Waals surface area contributed by atoms with Crippen LogP contribution < -0.4 is 10.6 Å². The van der Waals surface area contributed by atoms with E-state index in [-0.39, 0.29) is 29.0 Å². The number of anilines is 1. The van der Waals surface area contributed by atoms with Crippen molar-refractivity contribution in [3.63, 3.8) is 0 Å². The molecule has 2 aromatic heterocycles. The average Bonchev–Trinajstić information content (AvgIpc) is 3.21. The van der Waals surface area contributed by atoms with Crippen LogP contribution in [0.15, 0.2) is 30.6 Å². The molecule has 1 aliphatic heterocycles. The maximum Gasteiger partial charge on any atom is 0.401 e. The van der Waals surface area contributed by atoms with Crippen molar-refractivity contribution in [3.05, 3.63) is 52.4 Å². The number of carbonyl (C=O) groups is 1. The molecule has 0 bridgehead atoms. The Labute approximate surface area is 198 Å². The van der Waals surface area contributed by atoms with Gasteiger partial charge in [-0.05, 0) is 37.6 Å². The zero-order valence-electron chi connectivity index (χ0n) is 18.3. The van der Waals surface area contributed by atoms with Gasteiger partial charge < -0.3 is 15.6 Å². The Morgan fingerprint density at radius 1 is 1.35 bits per heavy atom. The molecule has 1 aromatic carbocycles. The van der Waals surface area contributed by atoms with Gasteiger partial charge in [-0.15, -0.1) is 0 Å². The fourth-order valence-corrected chi connectivity index (χ4v) is 4.27. The molecule has 0 saturated carbocycles. The monoisotopic (exact) mass is 493 g/mol. The van der Waals surface area contributed by atoms with Crippen LogP contribution in [0.2, 0.25) is 5.02 Å². The summed E-state index contributed by atoms with van der Waals surface area (Å²) in [5.74, 6) is -0.453. The number of hydrogen-bond acceptors (Lipinski definition) is 6. The molecule has 3 aromatic rings. The van der Waals surface area contributed by atoms with Gasteiger partial charge in [-0.1, -0.05) is 11.6 Å². The van der Waals surface area contributed by atoms with Crippen molar-refractivity contribution >= 4 is 40.1 Å². The molecule has 4 rings (SSSR count). The summed E-state index contributed by atoms with van der Waals surface area (Å²) in [6.45, 7) is -0.531. The molecule has 3 heterocycles. The van der Waals surface area contributed by atoms with E-state index in [4.69, 9.17) is 17.0 Å². The van der Waals surface area contributed by atoms with Crippen molar-refractivity contribution < 1.29 is 18.0 Å². The van der Waals surface area contributed by atoms with Gasteiger partial charge >= 0.3 is 6.18 Å². The van der Waals surface area contributed by atoms with Crippen molar-refractivity contribution in [1.29, 1.82) is 5.41 Å². The molecular weight excluding hydrogens is 471 g/mol. The Hall–Kier alpha value is -3.18. The minimum atomic E-state index is -4.28. The van der Waals surface area contributed by atoms with Crippen LogP contribution in [0.4, 0.5) is 18.9 Å². The van der Waals surface area contributed by atoms with Crippen molar-refractivity contribution in [2.45, 2.75) is 25.1 Å². The molecule has 1 amide bonds. The minimum absolute atomic E-state index is 0.0954. The number of piperidine rings is 1. The third-order valence-corrected chi connectivity index (χ3v) is 5.88.